The van der Waals surface area contributed by atoms with Gasteiger partial charge in [-0.25, -0.2) is 9.97 Å². The fraction of sp³-hybridized carbons (Fsp3) is 0.364. The Labute approximate surface area is 105 Å². The second-order valence-corrected chi connectivity index (χ2v) is 3.70. The number of unbranched alkanes of at least 4 members (excludes halogenated alkanes) is 1. The third kappa shape index (κ3) is 3.25. The Hall–Kier alpha value is -2.49. The molecular weight excluding hydrogens is 230 g/mol. The molecule has 0 aromatic carbocycles. The van der Waals surface area contributed by atoms with E-state index in [2.05, 4.69) is 25.5 Å². The van der Waals surface area contributed by atoms with Crippen LogP contribution in [0.15, 0.2) is 25.0 Å². The van der Waals surface area contributed by atoms with Gasteiger partial charge in [0.25, 0.3) is 0 Å². The van der Waals surface area contributed by atoms with Crippen LogP contribution >= 0.6 is 0 Å². The molecule has 1 N–H and O–H groups in total. The van der Waals surface area contributed by atoms with Gasteiger partial charge in [0.15, 0.2) is 11.5 Å². The molecule has 0 radical (unpaired) electrons. The van der Waals surface area contributed by atoms with Gasteiger partial charge < -0.3 is 9.88 Å². The van der Waals surface area contributed by atoms with Gasteiger partial charge in [-0.3, -0.25) is 0 Å². The average molecular weight is 243 g/mol. The molecule has 0 fully saturated rings. The monoisotopic (exact) mass is 243 g/mol. The van der Waals surface area contributed by atoms with Crippen LogP contribution in [0.4, 0.5) is 5.82 Å². The van der Waals surface area contributed by atoms with Crippen LogP contribution in [-0.4, -0.2) is 31.3 Å². The van der Waals surface area contributed by atoms with Crippen molar-refractivity contribution in [1.82, 2.24) is 24.7 Å². The lowest BCUT2D eigenvalue weighted by molar-refractivity contribution is 0.619. The highest BCUT2D eigenvalue weighted by Gasteiger charge is 2.02. The molecule has 0 atom stereocenters. The topological polar surface area (TPSA) is 92.3 Å². The maximum absolute atomic E-state index is 8.84. The second kappa shape index (κ2) is 6.30. The molecule has 0 aliphatic rings. The molecule has 2 aromatic rings. The van der Waals surface area contributed by atoms with Gasteiger partial charge in [0.05, 0.1) is 0 Å². The molecular formula is C11H13N7. The van der Waals surface area contributed by atoms with Crippen LogP contribution in [-0.2, 0) is 6.54 Å². The highest BCUT2D eigenvalue weighted by Crippen LogP contribution is 2.06. The predicted molar refractivity (Wildman–Crippen MR) is 64.5 cm³/mol. The summed E-state index contributed by atoms with van der Waals surface area (Å²) in [6.07, 6.45) is 8.46. The Morgan fingerprint density at radius 2 is 1.94 bits per heavy atom. The minimum Gasteiger partial charge on any atom is -0.368 e. The van der Waals surface area contributed by atoms with Gasteiger partial charge in [0.2, 0.25) is 0 Å². The molecule has 2 heterocycles. The number of nitriles is 1. The molecule has 2 aromatic heterocycles. The lowest BCUT2D eigenvalue weighted by Crippen LogP contribution is -2.07. The minimum atomic E-state index is 0.330. The van der Waals surface area contributed by atoms with Crippen LogP contribution in [0.3, 0.4) is 0 Å². The van der Waals surface area contributed by atoms with E-state index in [0.29, 0.717) is 11.5 Å². The molecule has 18 heavy (non-hydrogen) atoms. The molecule has 0 aliphatic carbocycles. The van der Waals surface area contributed by atoms with E-state index in [4.69, 9.17) is 5.26 Å². The van der Waals surface area contributed by atoms with Gasteiger partial charge in [-0.05, 0) is 12.8 Å². The number of nitrogens with one attached hydrogen (secondary N) is 1. The molecule has 0 spiro atoms. The lowest BCUT2D eigenvalue weighted by atomic mass is 10.3. The van der Waals surface area contributed by atoms with E-state index in [1.165, 1.54) is 6.20 Å². The van der Waals surface area contributed by atoms with E-state index in [1.54, 1.807) is 18.9 Å². The smallest absolute Gasteiger partial charge is 0.182 e. The Morgan fingerprint density at radius 1 is 1.17 bits per heavy atom. The number of rotatable bonds is 6. The Balaban J connectivity index is 1.71. The van der Waals surface area contributed by atoms with Crippen molar-refractivity contribution in [2.24, 2.45) is 0 Å². The normalized spacial score (nSPS) is 9.94. The molecule has 0 aliphatic heterocycles. The van der Waals surface area contributed by atoms with Crippen LogP contribution in [0.5, 0.6) is 0 Å². The molecule has 0 unspecified atom stereocenters. The number of nitrogens with zero attached hydrogens (tertiary/aromatic N) is 6. The first kappa shape index (κ1) is 12.0. The predicted octanol–water partition coefficient (Wildman–Crippen LogP) is 0.832. The van der Waals surface area contributed by atoms with Crippen LogP contribution in [0.1, 0.15) is 18.5 Å². The maximum Gasteiger partial charge on any atom is 0.182 e. The van der Waals surface area contributed by atoms with Crippen LogP contribution < -0.4 is 5.32 Å². The van der Waals surface area contributed by atoms with Gasteiger partial charge in [0.1, 0.15) is 18.7 Å². The third-order valence-electron chi connectivity index (χ3n) is 2.41. The standard InChI is InChI=1S/C11H13N7/c12-7-10-11(15-5-4-13-10)14-3-1-2-6-18-8-16-17-9-18/h4-5,8-9H,1-3,6H2,(H,14,15). The summed E-state index contributed by atoms with van der Waals surface area (Å²) in [5.41, 5.74) is 0.330. The van der Waals surface area contributed by atoms with Crippen LogP contribution in [0.25, 0.3) is 0 Å². The van der Waals surface area contributed by atoms with E-state index in [0.717, 1.165) is 25.9 Å². The van der Waals surface area contributed by atoms with E-state index < -0.39 is 0 Å². The van der Waals surface area contributed by atoms with Gasteiger partial charge in [0, 0.05) is 25.5 Å². The second-order valence-electron chi connectivity index (χ2n) is 3.70. The number of hydrogen-bond donors (Lipinski definition) is 1. The van der Waals surface area contributed by atoms with Crippen molar-refractivity contribution < 1.29 is 0 Å². The molecule has 0 saturated heterocycles. The number of hydrogen-bond acceptors (Lipinski definition) is 6. The van der Waals surface area contributed by atoms with Crippen LogP contribution in [0.2, 0.25) is 0 Å². The largest absolute Gasteiger partial charge is 0.368 e. The van der Waals surface area contributed by atoms with Crippen molar-refractivity contribution in [2.45, 2.75) is 19.4 Å². The summed E-state index contributed by atoms with van der Waals surface area (Å²) in [7, 11) is 0. The zero-order valence-corrected chi connectivity index (χ0v) is 9.82. The van der Waals surface area contributed by atoms with Crippen molar-refractivity contribution >= 4 is 5.82 Å². The summed E-state index contributed by atoms with van der Waals surface area (Å²) in [6, 6.07) is 2.00. The lowest BCUT2D eigenvalue weighted by Gasteiger charge is -2.06. The van der Waals surface area contributed by atoms with Gasteiger partial charge in [-0.2, -0.15) is 5.26 Å². The van der Waals surface area contributed by atoms with E-state index in [1.807, 2.05) is 10.6 Å². The first-order chi connectivity index (χ1) is 8.90. The first-order valence-electron chi connectivity index (χ1n) is 5.67. The van der Waals surface area contributed by atoms with Crippen molar-refractivity contribution in [1.29, 1.82) is 5.26 Å². The Morgan fingerprint density at radius 3 is 2.72 bits per heavy atom. The highest BCUT2D eigenvalue weighted by molar-refractivity contribution is 5.46. The van der Waals surface area contributed by atoms with Crippen molar-refractivity contribution in [3.8, 4) is 6.07 Å². The quantitative estimate of drug-likeness (QED) is 0.755. The molecule has 0 bridgehead atoms. The summed E-state index contributed by atoms with van der Waals surface area (Å²) in [5.74, 6) is 0.546. The SMILES string of the molecule is N#Cc1nccnc1NCCCCn1cnnc1. The summed E-state index contributed by atoms with van der Waals surface area (Å²) in [4.78, 5) is 8.01. The summed E-state index contributed by atoms with van der Waals surface area (Å²) in [6.45, 7) is 1.65. The first-order valence-corrected chi connectivity index (χ1v) is 5.67. The Bertz CT molecular complexity index is 514. The van der Waals surface area contributed by atoms with Crippen LogP contribution in [0, 0.1) is 11.3 Å². The summed E-state index contributed by atoms with van der Waals surface area (Å²) < 4.78 is 1.93. The number of aryl methyl sites for hydroxylation is 1. The molecule has 0 amide bonds. The van der Waals surface area contributed by atoms with Crippen molar-refractivity contribution in [3.05, 3.63) is 30.7 Å². The average Bonchev–Trinajstić information content (AvgIpc) is 2.92. The Kier molecular flexibility index (Phi) is 4.19. The fourth-order valence-corrected chi connectivity index (χ4v) is 1.51. The zero-order valence-electron chi connectivity index (χ0n) is 9.82. The minimum absolute atomic E-state index is 0.330. The molecule has 92 valence electrons. The van der Waals surface area contributed by atoms with Gasteiger partial charge in [-0.15, -0.1) is 10.2 Å². The van der Waals surface area contributed by atoms with Gasteiger partial charge in [-0.1, -0.05) is 0 Å². The fourth-order valence-electron chi connectivity index (χ4n) is 1.51. The molecule has 7 nitrogen and oxygen atoms in total. The van der Waals surface area contributed by atoms with E-state index in [-0.39, 0.29) is 0 Å². The zero-order chi connectivity index (χ0) is 12.6. The molecule has 7 heteroatoms. The summed E-state index contributed by atoms with van der Waals surface area (Å²) >= 11 is 0. The highest BCUT2D eigenvalue weighted by atomic mass is 15.2. The molecule has 2 rings (SSSR count). The van der Waals surface area contributed by atoms with Crippen molar-refractivity contribution in [2.75, 3.05) is 11.9 Å². The third-order valence-corrected chi connectivity index (χ3v) is 2.41. The molecule has 0 saturated carbocycles. The number of anilines is 1. The van der Waals surface area contributed by atoms with Gasteiger partial charge >= 0.3 is 0 Å². The maximum atomic E-state index is 8.84. The van der Waals surface area contributed by atoms with Crippen molar-refractivity contribution in [3.63, 3.8) is 0 Å². The van der Waals surface area contributed by atoms with E-state index in [9.17, 15) is 0 Å². The summed E-state index contributed by atoms with van der Waals surface area (Å²) in [5, 5.41) is 19.4. The number of aromatic nitrogens is 5. The van der Waals surface area contributed by atoms with E-state index >= 15 is 0 Å².